The number of aromatic nitrogens is 2. The minimum Gasteiger partial charge on any atom is -0.342 e. The Morgan fingerprint density at radius 2 is 1.52 bits per heavy atom. The van der Waals surface area contributed by atoms with E-state index in [1.54, 1.807) is 0 Å². The number of halogens is 1. The zero-order valence-electron chi connectivity index (χ0n) is 15.0. The van der Waals surface area contributed by atoms with Crippen molar-refractivity contribution in [1.29, 1.82) is 0 Å². The highest BCUT2D eigenvalue weighted by Gasteiger charge is 2.19. The quantitative estimate of drug-likeness (QED) is 0.376. The zero-order chi connectivity index (χ0) is 18.7. The highest BCUT2D eigenvalue weighted by molar-refractivity contribution is 6.31. The molecule has 0 amide bonds. The Morgan fingerprint density at radius 3 is 2.26 bits per heavy atom. The number of benzene rings is 3. The Kier molecular flexibility index (Phi) is 3.43. The fourth-order valence-corrected chi connectivity index (χ4v) is 4.13. The summed E-state index contributed by atoms with van der Waals surface area (Å²) in [7, 11) is 2.03. The molecule has 3 aromatic carbocycles. The van der Waals surface area contributed by atoms with Gasteiger partial charge in [-0.1, -0.05) is 47.5 Å². The van der Waals surface area contributed by atoms with Gasteiger partial charge < -0.3 is 4.57 Å². The first-order valence-corrected chi connectivity index (χ1v) is 9.22. The molecule has 0 aliphatic carbocycles. The van der Waals surface area contributed by atoms with Crippen LogP contribution in [0.4, 0.5) is 0 Å². The third-order valence-electron chi connectivity index (χ3n) is 5.27. The molecule has 5 rings (SSSR count). The Morgan fingerprint density at radius 1 is 0.815 bits per heavy atom. The molecule has 0 spiro atoms. The van der Waals surface area contributed by atoms with Crippen LogP contribution < -0.4 is 5.56 Å². The summed E-state index contributed by atoms with van der Waals surface area (Å²) in [6.07, 6.45) is 0. The van der Waals surface area contributed by atoms with E-state index in [2.05, 4.69) is 4.57 Å². The Balaban J connectivity index is 2.12. The van der Waals surface area contributed by atoms with Gasteiger partial charge in [0.1, 0.15) is 0 Å². The van der Waals surface area contributed by atoms with Gasteiger partial charge in [0.05, 0.1) is 16.6 Å². The zero-order valence-corrected chi connectivity index (χ0v) is 15.8. The van der Waals surface area contributed by atoms with Crippen LogP contribution in [0.15, 0.2) is 71.5 Å². The van der Waals surface area contributed by atoms with Crippen molar-refractivity contribution in [3.8, 4) is 5.69 Å². The van der Waals surface area contributed by atoms with Crippen LogP contribution in [0, 0.1) is 6.92 Å². The van der Waals surface area contributed by atoms with Gasteiger partial charge in [0.2, 0.25) is 0 Å². The summed E-state index contributed by atoms with van der Waals surface area (Å²) in [4.78, 5) is 13.5. The van der Waals surface area contributed by atoms with Gasteiger partial charge in [0.15, 0.2) is 0 Å². The van der Waals surface area contributed by atoms with Crippen LogP contribution in [0.2, 0.25) is 5.02 Å². The number of pyridine rings is 1. The van der Waals surface area contributed by atoms with Gasteiger partial charge in [0, 0.05) is 33.9 Å². The number of hydrogen-bond acceptors (Lipinski definition) is 1. The molecule has 2 heterocycles. The van der Waals surface area contributed by atoms with E-state index >= 15 is 0 Å². The Hall–Kier alpha value is -3.04. The van der Waals surface area contributed by atoms with Crippen molar-refractivity contribution in [2.45, 2.75) is 6.92 Å². The third kappa shape index (κ3) is 2.25. The van der Waals surface area contributed by atoms with Crippen molar-refractivity contribution in [3.05, 3.63) is 87.7 Å². The molecule has 0 bridgehead atoms. The van der Waals surface area contributed by atoms with Crippen molar-refractivity contribution < 1.29 is 0 Å². The van der Waals surface area contributed by atoms with Crippen LogP contribution in [0.25, 0.3) is 38.4 Å². The minimum atomic E-state index is -0.00981. The maximum absolute atomic E-state index is 13.5. The normalized spacial score (nSPS) is 11.7. The minimum absolute atomic E-state index is 0.00981. The van der Waals surface area contributed by atoms with Gasteiger partial charge in [-0.3, -0.25) is 9.36 Å². The topological polar surface area (TPSA) is 26.9 Å². The summed E-state index contributed by atoms with van der Waals surface area (Å²) < 4.78 is 3.95. The largest absolute Gasteiger partial charge is 0.342 e. The lowest BCUT2D eigenvalue weighted by atomic mass is 10.1. The summed E-state index contributed by atoms with van der Waals surface area (Å²) in [5, 5.41) is 3.36. The molecule has 0 aliphatic heterocycles. The van der Waals surface area contributed by atoms with Crippen molar-refractivity contribution in [1.82, 2.24) is 9.13 Å². The second-order valence-electron chi connectivity index (χ2n) is 6.94. The molecule has 3 nitrogen and oxygen atoms in total. The molecule has 27 heavy (non-hydrogen) atoms. The summed E-state index contributed by atoms with van der Waals surface area (Å²) >= 11 is 6.26. The maximum Gasteiger partial charge on any atom is 0.263 e. The first-order valence-electron chi connectivity index (χ1n) is 8.85. The lowest BCUT2D eigenvalue weighted by molar-refractivity contribution is 1.01. The standard InChI is InChI=1S/C23H17ClN2O/c1-14-7-10-16(11-8-14)26-22-19-12-9-15(24)13-20(19)25(2)21(22)17-5-3-4-6-18(17)23(26)27/h3-13H,1-2H3. The van der Waals surface area contributed by atoms with Gasteiger partial charge in [-0.05, 0) is 43.3 Å². The molecule has 0 unspecified atom stereocenters. The summed E-state index contributed by atoms with van der Waals surface area (Å²) in [6.45, 7) is 2.04. The molecule has 5 aromatic rings. The smallest absolute Gasteiger partial charge is 0.263 e. The van der Waals surface area contributed by atoms with E-state index in [1.807, 2.05) is 85.3 Å². The first-order chi connectivity index (χ1) is 13.1. The molecule has 132 valence electrons. The van der Waals surface area contributed by atoms with Gasteiger partial charge in [0.25, 0.3) is 5.56 Å². The average Bonchev–Trinajstić information content (AvgIpc) is 2.96. The molecular formula is C23H17ClN2O. The molecular weight excluding hydrogens is 356 g/mol. The fraction of sp³-hybridized carbons (Fsp3) is 0.0870. The molecule has 0 saturated carbocycles. The summed E-state index contributed by atoms with van der Waals surface area (Å²) in [5.74, 6) is 0. The van der Waals surface area contributed by atoms with E-state index in [4.69, 9.17) is 11.6 Å². The molecule has 0 fully saturated rings. The second-order valence-corrected chi connectivity index (χ2v) is 7.38. The fourth-order valence-electron chi connectivity index (χ4n) is 3.96. The van der Waals surface area contributed by atoms with Crippen LogP contribution in [0.3, 0.4) is 0 Å². The monoisotopic (exact) mass is 372 g/mol. The average molecular weight is 373 g/mol. The van der Waals surface area contributed by atoms with Crippen molar-refractivity contribution in [2.24, 2.45) is 7.05 Å². The van der Waals surface area contributed by atoms with Crippen LogP contribution in [-0.2, 0) is 7.05 Å². The highest BCUT2D eigenvalue weighted by atomic mass is 35.5. The van der Waals surface area contributed by atoms with Crippen LogP contribution >= 0.6 is 11.6 Å². The molecule has 0 aliphatic rings. The van der Waals surface area contributed by atoms with Gasteiger partial charge >= 0.3 is 0 Å². The second kappa shape index (κ2) is 5.73. The van der Waals surface area contributed by atoms with Gasteiger partial charge in [-0.15, -0.1) is 0 Å². The van der Waals surface area contributed by atoms with Gasteiger partial charge in [-0.2, -0.15) is 0 Å². The molecule has 0 N–H and O–H groups in total. The Bertz CT molecular complexity index is 1410. The Labute approximate surface area is 161 Å². The number of aryl methyl sites for hydroxylation is 2. The van der Waals surface area contributed by atoms with E-state index in [-0.39, 0.29) is 5.56 Å². The van der Waals surface area contributed by atoms with Gasteiger partial charge in [-0.25, -0.2) is 0 Å². The van der Waals surface area contributed by atoms with E-state index in [9.17, 15) is 4.79 Å². The molecule has 4 heteroatoms. The SMILES string of the molecule is Cc1ccc(-n2c(=O)c3ccccc3c3c2c2ccc(Cl)cc2n3C)cc1. The maximum atomic E-state index is 13.5. The van der Waals surface area contributed by atoms with Crippen LogP contribution in [0.5, 0.6) is 0 Å². The number of nitrogens with zero attached hydrogens (tertiary/aromatic N) is 2. The lowest BCUT2D eigenvalue weighted by Gasteiger charge is -2.12. The van der Waals surface area contributed by atoms with Crippen molar-refractivity contribution in [2.75, 3.05) is 0 Å². The first kappa shape index (κ1) is 16.2. The van der Waals surface area contributed by atoms with E-state index in [1.165, 1.54) is 0 Å². The highest BCUT2D eigenvalue weighted by Crippen LogP contribution is 2.34. The van der Waals surface area contributed by atoms with Crippen LogP contribution in [-0.4, -0.2) is 9.13 Å². The number of rotatable bonds is 1. The third-order valence-corrected chi connectivity index (χ3v) is 5.50. The molecule has 0 saturated heterocycles. The predicted molar refractivity (Wildman–Crippen MR) is 113 cm³/mol. The lowest BCUT2D eigenvalue weighted by Crippen LogP contribution is -2.19. The van der Waals surface area contributed by atoms with E-state index in [0.29, 0.717) is 10.4 Å². The number of fused-ring (bicyclic) bond motifs is 5. The van der Waals surface area contributed by atoms with Crippen molar-refractivity contribution >= 4 is 44.3 Å². The van der Waals surface area contributed by atoms with E-state index < -0.39 is 0 Å². The molecule has 0 radical (unpaired) electrons. The van der Waals surface area contributed by atoms with E-state index in [0.717, 1.165) is 38.6 Å². The van der Waals surface area contributed by atoms with Crippen molar-refractivity contribution in [3.63, 3.8) is 0 Å². The predicted octanol–water partition coefficient (Wildman–Crippen LogP) is 5.60. The summed E-state index contributed by atoms with van der Waals surface area (Å²) in [5.41, 5.74) is 4.97. The molecule has 2 aromatic heterocycles. The summed E-state index contributed by atoms with van der Waals surface area (Å²) in [6, 6.07) is 21.7. The molecule has 0 atom stereocenters. The number of hydrogen-bond donors (Lipinski definition) is 0. The van der Waals surface area contributed by atoms with Crippen LogP contribution in [0.1, 0.15) is 5.56 Å².